The van der Waals surface area contributed by atoms with Crippen molar-refractivity contribution in [1.82, 2.24) is 15.1 Å². The highest BCUT2D eigenvalue weighted by atomic mass is 35.5. The van der Waals surface area contributed by atoms with Crippen molar-refractivity contribution in [3.63, 3.8) is 0 Å². The molecule has 1 aromatic heterocycles. The van der Waals surface area contributed by atoms with E-state index in [1.165, 1.54) is 0 Å². The van der Waals surface area contributed by atoms with Crippen LogP contribution in [0.5, 0.6) is 5.88 Å². The van der Waals surface area contributed by atoms with Crippen LogP contribution < -0.4 is 4.74 Å². The van der Waals surface area contributed by atoms with Gasteiger partial charge < -0.3 is 9.64 Å². The highest BCUT2D eigenvalue weighted by Crippen LogP contribution is 2.15. The van der Waals surface area contributed by atoms with Crippen LogP contribution in [0.15, 0.2) is 12.1 Å². The Morgan fingerprint density at radius 1 is 1.50 bits per heavy atom. The largest absolute Gasteiger partial charge is 0.472 e. The number of aromatic nitrogens is 2. The Morgan fingerprint density at radius 3 is 2.93 bits per heavy atom. The third-order valence-electron chi connectivity index (χ3n) is 2.24. The van der Waals surface area contributed by atoms with Gasteiger partial charge in [-0.15, -0.1) is 10.2 Å². The van der Waals surface area contributed by atoms with E-state index in [0.29, 0.717) is 11.0 Å². The Balaban J connectivity index is 1.94. The Labute approximate surface area is 87.8 Å². The lowest BCUT2D eigenvalue weighted by molar-refractivity contribution is 0.198. The molecule has 4 nitrogen and oxygen atoms in total. The third-order valence-corrected chi connectivity index (χ3v) is 2.44. The van der Waals surface area contributed by atoms with Crippen LogP contribution in [0.3, 0.4) is 0 Å². The average molecular weight is 214 g/mol. The first-order valence-electron chi connectivity index (χ1n) is 4.58. The summed E-state index contributed by atoms with van der Waals surface area (Å²) >= 11 is 5.61. The molecule has 1 aliphatic heterocycles. The molecule has 1 aliphatic rings. The van der Waals surface area contributed by atoms with Crippen LogP contribution in [-0.4, -0.2) is 41.3 Å². The highest BCUT2D eigenvalue weighted by molar-refractivity contribution is 6.29. The van der Waals surface area contributed by atoms with Crippen molar-refractivity contribution >= 4 is 11.6 Å². The summed E-state index contributed by atoms with van der Waals surface area (Å²) in [5.41, 5.74) is 0. The maximum absolute atomic E-state index is 5.63. The average Bonchev–Trinajstić information content (AvgIpc) is 2.56. The maximum Gasteiger partial charge on any atom is 0.233 e. The van der Waals surface area contributed by atoms with Crippen molar-refractivity contribution in [1.29, 1.82) is 0 Å². The zero-order valence-electron chi connectivity index (χ0n) is 7.98. The molecule has 2 rings (SSSR count). The molecule has 0 saturated carbocycles. The minimum atomic E-state index is 0.232. The molecule has 1 saturated heterocycles. The number of halogens is 1. The molecular formula is C9H12ClN3O. The zero-order valence-corrected chi connectivity index (χ0v) is 8.74. The number of likely N-dealkylation sites (tertiary alicyclic amines) is 1. The van der Waals surface area contributed by atoms with Crippen LogP contribution >= 0.6 is 11.6 Å². The van der Waals surface area contributed by atoms with Gasteiger partial charge in [-0.25, -0.2) is 0 Å². The van der Waals surface area contributed by atoms with E-state index >= 15 is 0 Å². The molecule has 2 heterocycles. The first-order chi connectivity index (χ1) is 6.74. The first-order valence-corrected chi connectivity index (χ1v) is 4.96. The van der Waals surface area contributed by atoms with Gasteiger partial charge in [-0.1, -0.05) is 11.6 Å². The Kier molecular flexibility index (Phi) is 2.84. The summed E-state index contributed by atoms with van der Waals surface area (Å²) in [6.07, 6.45) is 1.27. The second kappa shape index (κ2) is 4.11. The Hall–Kier alpha value is -0.870. The van der Waals surface area contributed by atoms with E-state index in [1.54, 1.807) is 12.1 Å². The molecule has 1 aromatic rings. The predicted molar refractivity (Wildman–Crippen MR) is 53.6 cm³/mol. The summed E-state index contributed by atoms with van der Waals surface area (Å²) in [6.45, 7) is 2.02. The maximum atomic E-state index is 5.63. The molecule has 0 radical (unpaired) electrons. The molecule has 0 bridgehead atoms. The van der Waals surface area contributed by atoms with Gasteiger partial charge in [0.2, 0.25) is 5.88 Å². The number of rotatable bonds is 2. The van der Waals surface area contributed by atoms with Crippen molar-refractivity contribution in [3.05, 3.63) is 17.3 Å². The zero-order chi connectivity index (χ0) is 9.97. The summed E-state index contributed by atoms with van der Waals surface area (Å²) in [6, 6.07) is 3.43. The van der Waals surface area contributed by atoms with Crippen LogP contribution in [0, 0.1) is 0 Å². The van der Waals surface area contributed by atoms with Crippen LogP contribution in [0.2, 0.25) is 5.15 Å². The van der Waals surface area contributed by atoms with Crippen molar-refractivity contribution in [2.75, 3.05) is 20.1 Å². The number of ether oxygens (including phenoxy) is 1. The lowest BCUT2D eigenvalue weighted by Crippen LogP contribution is -2.21. The molecule has 1 fully saturated rings. The van der Waals surface area contributed by atoms with Crippen molar-refractivity contribution in [2.24, 2.45) is 0 Å². The van der Waals surface area contributed by atoms with Crippen LogP contribution in [0.4, 0.5) is 0 Å². The van der Waals surface area contributed by atoms with Gasteiger partial charge >= 0.3 is 0 Å². The van der Waals surface area contributed by atoms with Crippen LogP contribution in [-0.2, 0) is 0 Å². The third kappa shape index (κ3) is 2.33. The second-order valence-corrected chi connectivity index (χ2v) is 3.87. The Bertz CT molecular complexity index is 303. The molecular weight excluding hydrogens is 202 g/mol. The van der Waals surface area contributed by atoms with Gasteiger partial charge in [0.1, 0.15) is 6.10 Å². The lowest BCUT2D eigenvalue weighted by atomic mass is 10.3. The smallest absolute Gasteiger partial charge is 0.233 e. The van der Waals surface area contributed by atoms with E-state index in [0.717, 1.165) is 19.5 Å². The summed E-state index contributed by atoms with van der Waals surface area (Å²) in [5, 5.41) is 7.95. The number of hydrogen-bond donors (Lipinski definition) is 0. The van der Waals surface area contributed by atoms with Gasteiger partial charge in [-0.05, 0) is 19.5 Å². The number of nitrogens with zero attached hydrogens (tertiary/aromatic N) is 3. The summed E-state index contributed by atoms with van der Waals surface area (Å²) < 4.78 is 5.63. The molecule has 76 valence electrons. The minimum Gasteiger partial charge on any atom is -0.472 e. The van der Waals surface area contributed by atoms with E-state index in [9.17, 15) is 0 Å². The fourth-order valence-corrected chi connectivity index (χ4v) is 1.63. The van der Waals surface area contributed by atoms with E-state index in [-0.39, 0.29) is 6.10 Å². The Morgan fingerprint density at radius 2 is 2.36 bits per heavy atom. The fraction of sp³-hybridized carbons (Fsp3) is 0.556. The second-order valence-electron chi connectivity index (χ2n) is 3.49. The first kappa shape index (κ1) is 9.68. The van der Waals surface area contributed by atoms with Gasteiger partial charge in [-0.3, -0.25) is 0 Å². The summed E-state index contributed by atoms with van der Waals surface area (Å²) in [4.78, 5) is 2.23. The van der Waals surface area contributed by atoms with Crippen LogP contribution in [0.25, 0.3) is 0 Å². The molecule has 0 unspecified atom stereocenters. The number of likely N-dealkylation sites (N-methyl/N-ethyl adjacent to an activating group) is 1. The minimum absolute atomic E-state index is 0.232. The number of hydrogen-bond acceptors (Lipinski definition) is 4. The van der Waals surface area contributed by atoms with Crippen molar-refractivity contribution in [3.8, 4) is 5.88 Å². The van der Waals surface area contributed by atoms with E-state index in [4.69, 9.17) is 16.3 Å². The monoisotopic (exact) mass is 213 g/mol. The van der Waals surface area contributed by atoms with E-state index in [1.807, 2.05) is 0 Å². The van der Waals surface area contributed by atoms with Gasteiger partial charge in [0.15, 0.2) is 5.15 Å². The molecule has 0 amide bonds. The molecule has 0 aromatic carbocycles. The SMILES string of the molecule is CN1CC[C@H](Oc2ccc(Cl)nn2)C1. The predicted octanol–water partition coefficient (Wildman–Crippen LogP) is 1.21. The normalized spacial score (nSPS) is 22.6. The van der Waals surface area contributed by atoms with Crippen molar-refractivity contribution in [2.45, 2.75) is 12.5 Å². The van der Waals surface area contributed by atoms with Gasteiger partial charge in [0.25, 0.3) is 0 Å². The van der Waals surface area contributed by atoms with E-state index in [2.05, 4.69) is 22.1 Å². The topological polar surface area (TPSA) is 38.2 Å². The summed E-state index contributed by atoms with van der Waals surface area (Å²) in [7, 11) is 2.08. The molecule has 14 heavy (non-hydrogen) atoms. The molecule has 0 aliphatic carbocycles. The van der Waals surface area contributed by atoms with E-state index < -0.39 is 0 Å². The van der Waals surface area contributed by atoms with Gasteiger partial charge in [-0.2, -0.15) is 0 Å². The molecule has 1 atom stereocenters. The summed E-state index contributed by atoms with van der Waals surface area (Å²) in [5.74, 6) is 0.551. The highest BCUT2D eigenvalue weighted by Gasteiger charge is 2.21. The molecule has 0 N–H and O–H groups in total. The van der Waals surface area contributed by atoms with Crippen LogP contribution in [0.1, 0.15) is 6.42 Å². The van der Waals surface area contributed by atoms with Gasteiger partial charge in [0.05, 0.1) is 0 Å². The van der Waals surface area contributed by atoms with Crippen molar-refractivity contribution < 1.29 is 4.74 Å². The molecule has 0 spiro atoms. The molecule has 5 heteroatoms. The fourth-order valence-electron chi connectivity index (χ4n) is 1.53. The lowest BCUT2D eigenvalue weighted by Gasteiger charge is -2.11. The standard InChI is InChI=1S/C9H12ClN3O/c1-13-5-4-7(6-13)14-9-3-2-8(10)11-12-9/h2-3,7H,4-6H2,1H3/t7-/m0/s1. The van der Waals surface area contributed by atoms with Gasteiger partial charge in [0, 0.05) is 19.2 Å². The quantitative estimate of drug-likeness (QED) is 0.741.